The van der Waals surface area contributed by atoms with E-state index in [1.54, 1.807) is 4.68 Å². The third-order valence-electron chi connectivity index (χ3n) is 4.59. The van der Waals surface area contributed by atoms with Gasteiger partial charge in [0.15, 0.2) is 5.69 Å². The van der Waals surface area contributed by atoms with Gasteiger partial charge < -0.3 is 5.11 Å². The number of hydrogen-bond acceptors (Lipinski definition) is 4. The van der Waals surface area contributed by atoms with Crippen molar-refractivity contribution >= 4 is 5.97 Å². The van der Waals surface area contributed by atoms with E-state index >= 15 is 0 Å². The van der Waals surface area contributed by atoms with Gasteiger partial charge in [0.1, 0.15) is 0 Å². The van der Waals surface area contributed by atoms with Crippen molar-refractivity contribution in [2.75, 3.05) is 13.1 Å². The molecule has 1 aromatic rings. The first-order valence-corrected chi connectivity index (χ1v) is 6.39. The number of carboxylic acid groups (broad SMARTS) is 1. The monoisotopic (exact) mass is 250 g/mol. The van der Waals surface area contributed by atoms with Gasteiger partial charge in [-0.1, -0.05) is 12.1 Å². The van der Waals surface area contributed by atoms with Crippen LogP contribution in [0.15, 0.2) is 6.20 Å². The van der Waals surface area contributed by atoms with Gasteiger partial charge in [0.2, 0.25) is 0 Å². The Bertz CT molecular complexity index is 474. The highest BCUT2D eigenvalue weighted by Crippen LogP contribution is 2.51. The van der Waals surface area contributed by atoms with Gasteiger partial charge in [-0.2, -0.15) is 0 Å². The van der Waals surface area contributed by atoms with E-state index in [1.165, 1.54) is 19.0 Å². The molecule has 3 rings (SSSR count). The van der Waals surface area contributed by atoms with Gasteiger partial charge in [-0.05, 0) is 25.2 Å². The number of aromatic carboxylic acids is 1. The number of carbonyl (C=O) groups is 1. The molecule has 18 heavy (non-hydrogen) atoms. The van der Waals surface area contributed by atoms with Crippen molar-refractivity contribution in [2.24, 2.45) is 5.41 Å². The summed E-state index contributed by atoms with van der Waals surface area (Å²) in [4.78, 5) is 13.2. The minimum Gasteiger partial charge on any atom is -0.476 e. The summed E-state index contributed by atoms with van der Waals surface area (Å²) < 4.78 is 1.68. The number of rotatable bonds is 4. The van der Waals surface area contributed by atoms with E-state index in [9.17, 15) is 4.79 Å². The number of hydrogen-bond donors (Lipinski definition) is 1. The highest BCUT2D eigenvalue weighted by Gasteiger charge is 2.48. The quantitative estimate of drug-likeness (QED) is 0.864. The molecule has 0 spiro atoms. The molecular weight excluding hydrogens is 232 g/mol. The van der Waals surface area contributed by atoms with E-state index in [0.29, 0.717) is 11.5 Å². The zero-order valence-corrected chi connectivity index (χ0v) is 10.7. The Morgan fingerprint density at radius 2 is 2.22 bits per heavy atom. The first-order valence-electron chi connectivity index (χ1n) is 6.39. The first kappa shape index (κ1) is 11.6. The Kier molecular flexibility index (Phi) is 2.45. The summed E-state index contributed by atoms with van der Waals surface area (Å²) in [6.45, 7) is 6.51. The average Bonchev–Trinajstić information content (AvgIpc) is 2.83. The minimum absolute atomic E-state index is 0.0238. The SMILES string of the molecule is CC(N1CC(n2cc(C(=O)O)nn2)C1)C1(C)CC1. The standard InChI is InChI=1S/C12H18N4O2/c1-8(12(2)3-4-12)15-5-9(6-15)16-7-10(11(17)18)13-14-16/h7-9H,3-6H2,1-2H3,(H,17,18). The normalized spacial score (nSPS) is 24.6. The van der Waals surface area contributed by atoms with Crippen LogP contribution in [0.5, 0.6) is 0 Å². The average molecular weight is 250 g/mol. The molecule has 1 atom stereocenters. The molecule has 0 aromatic carbocycles. The third-order valence-corrected chi connectivity index (χ3v) is 4.59. The molecule has 1 aromatic heterocycles. The summed E-state index contributed by atoms with van der Waals surface area (Å²) in [5.74, 6) is -1.02. The maximum absolute atomic E-state index is 10.7. The van der Waals surface area contributed by atoms with E-state index in [-0.39, 0.29) is 11.7 Å². The fourth-order valence-corrected chi connectivity index (χ4v) is 2.58. The maximum atomic E-state index is 10.7. The molecule has 1 saturated carbocycles. The van der Waals surface area contributed by atoms with Crippen LogP contribution in [0.25, 0.3) is 0 Å². The van der Waals surface area contributed by atoms with E-state index in [4.69, 9.17) is 5.11 Å². The second-order valence-corrected chi connectivity index (χ2v) is 5.83. The molecule has 1 unspecified atom stereocenters. The summed E-state index contributed by atoms with van der Waals surface area (Å²) >= 11 is 0. The predicted molar refractivity (Wildman–Crippen MR) is 64.4 cm³/mol. The van der Waals surface area contributed by atoms with Crippen molar-refractivity contribution in [3.63, 3.8) is 0 Å². The number of nitrogens with zero attached hydrogens (tertiary/aromatic N) is 4. The molecular formula is C12H18N4O2. The molecule has 98 valence electrons. The molecule has 2 fully saturated rings. The Morgan fingerprint density at radius 1 is 1.56 bits per heavy atom. The zero-order valence-electron chi connectivity index (χ0n) is 10.7. The second-order valence-electron chi connectivity index (χ2n) is 5.83. The van der Waals surface area contributed by atoms with Gasteiger partial charge in [-0.25, -0.2) is 9.48 Å². The first-order chi connectivity index (χ1) is 8.49. The highest BCUT2D eigenvalue weighted by atomic mass is 16.4. The van der Waals surface area contributed by atoms with Crippen LogP contribution >= 0.6 is 0 Å². The summed E-state index contributed by atoms with van der Waals surface area (Å²) in [6.07, 6.45) is 4.16. The fraction of sp³-hybridized carbons (Fsp3) is 0.750. The zero-order chi connectivity index (χ0) is 12.9. The highest BCUT2D eigenvalue weighted by molar-refractivity contribution is 5.84. The second kappa shape index (κ2) is 3.78. The molecule has 0 amide bonds. The topological polar surface area (TPSA) is 71.2 Å². The van der Waals surface area contributed by atoms with Crippen molar-refractivity contribution in [3.8, 4) is 0 Å². The summed E-state index contributed by atoms with van der Waals surface area (Å²) in [5.41, 5.74) is 0.523. The molecule has 1 aliphatic heterocycles. The van der Waals surface area contributed by atoms with Gasteiger partial charge in [-0.15, -0.1) is 5.10 Å². The minimum atomic E-state index is -1.02. The van der Waals surface area contributed by atoms with Crippen molar-refractivity contribution in [2.45, 2.75) is 38.8 Å². The largest absolute Gasteiger partial charge is 0.476 e. The van der Waals surface area contributed by atoms with Crippen molar-refractivity contribution < 1.29 is 9.90 Å². The Hall–Kier alpha value is -1.43. The smallest absolute Gasteiger partial charge is 0.358 e. The summed E-state index contributed by atoms with van der Waals surface area (Å²) in [6, 6.07) is 0.881. The maximum Gasteiger partial charge on any atom is 0.358 e. The Morgan fingerprint density at radius 3 is 2.72 bits per heavy atom. The van der Waals surface area contributed by atoms with Crippen LogP contribution < -0.4 is 0 Å². The predicted octanol–water partition coefficient (Wildman–Crippen LogP) is 1.02. The van der Waals surface area contributed by atoms with Gasteiger partial charge in [0, 0.05) is 19.1 Å². The molecule has 1 saturated heterocycles. The number of aromatic nitrogens is 3. The molecule has 0 radical (unpaired) electrons. The van der Waals surface area contributed by atoms with Crippen LogP contribution in [-0.2, 0) is 0 Å². The summed E-state index contributed by atoms with van der Waals surface area (Å²) in [5, 5.41) is 16.3. The van der Waals surface area contributed by atoms with Crippen molar-refractivity contribution in [1.29, 1.82) is 0 Å². The Balaban J connectivity index is 1.59. The summed E-state index contributed by atoms with van der Waals surface area (Å²) in [7, 11) is 0. The van der Waals surface area contributed by atoms with Gasteiger partial charge in [-0.3, -0.25) is 4.90 Å². The fourth-order valence-electron chi connectivity index (χ4n) is 2.58. The van der Waals surface area contributed by atoms with Crippen LogP contribution in [0.4, 0.5) is 0 Å². The third kappa shape index (κ3) is 1.80. The van der Waals surface area contributed by atoms with Crippen LogP contribution in [0.2, 0.25) is 0 Å². The molecule has 0 bridgehead atoms. The number of carboxylic acids is 1. The van der Waals surface area contributed by atoms with Crippen LogP contribution in [0, 0.1) is 5.41 Å². The lowest BCUT2D eigenvalue weighted by Crippen LogP contribution is -2.54. The van der Waals surface area contributed by atoms with Gasteiger partial charge in [0.25, 0.3) is 0 Å². The lowest BCUT2D eigenvalue weighted by atomic mass is 9.94. The lowest BCUT2D eigenvalue weighted by molar-refractivity contribution is 0.0301. The van der Waals surface area contributed by atoms with E-state index in [2.05, 4.69) is 29.1 Å². The van der Waals surface area contributed by atoms with Crippen molar-refractivity contribution in [1.82, 2.24) is 19.9 Å². The van der Waals surface area contributed by atoms with Crippen LogP contribution in [0.3, 0.4) is 0 Å². The van der Waals surface area contributed by atoms with Crippen LogP contribution in [-0.4, -0.2) is 50.1 Å². The molecule has 6 nitrogen and oxygen atoms in total. The lowest BCUT2D eigenvalue weighted by Gasteiger charge is -2.45. The van der Waals surface area contributed by atoms with E-state index in [1.807, 2.05) is 0 Å². The molecule has 2 aliphatic rings. The van der Waals surface area contributed by atoms with E-state index < -0.39 is 5.97 Å². The van der Waals surface area contributed by atoms with Gasteiger partial charge in [0.05, 0.1) is 12.2 Å². The molecule has 2 heterocycles. The van der Waals surface area contributed by atoms with Crippen LogP contribution in [0.1, 0.15) is 43.2 Å². The number of likely N-dealkylation sites (tertiary alicyclic amines) is 1. The molecule has 6 heteroatoms. The molecule has 1 aliphatic carbocycles. The Labute approximate surface area is 106 Å². The van der Waals surface area contributed by atoms with Gasteiger partial charge >= 0.3 is 5.97 Å². The van der Waals surface area contributed by atoms with Crippen molar-refractivity contribution in [3.05, 3.63) is 11.9 Å². The molecule has 1 N–H and O–H groups in total. The van der Waals surface area contributed by atoms with E-state index in [0.717, 1.165) is 13.1 Å².